The van der Waals surface area contributed by atoms with E-state index >= 15 is 0 Å². The summed E-state index contributed by atoms with van der Waals surface area (Å²) in [5.41, 5.74) is 0.392. The highest BCUT2D eigenvalue weighted by atomic mass is 16.6. The van der Waals surface area contributed by atoms with Crippen molar-refractivity contribution in [1.82, 2.24) is 15.5 Å². The molecule has 0 atom stereocenters. The first-order chi connectivity index (χ1) is 14.1. The van der Waals surface area contributed by atoms with Crippen molar-refractivity contribution in [1.29, 1.82) is 0 Å². The highest BCUT2D eigenvalue weighted by molar-refractivity contribution is 5.80. The Morgan fingerprint density at radius 1 is 1.34 bits per heavy atom. The van der Waals surface area contributed by atoms with Crippen molar-refractivity contribution in [3.8, 4) is 0 Å². The Morgan fingerprint density at radius 3 is 2.72 bits per heavy atom. The largest absolute Gasteiger partial charge is 0.469 e. The maximum atomic E-state index is 11.9. The summed E-state index contributed by atoms with van der Waals surface area (Å²) in [6.07, 6.45) is 9.21. The molecule has 2 heterocycles. The SMILES string of the molecule is CCOC(=O)N1CCC(NC(=NCC2(CC)CCC2)NCCc2ccco2)CC1. The lowest BCUT2D eigenvalue weighted by atomic mass is 9.67. The van der Waals surface area contributed by atoms with Gasteiger partial charge in [-0.1, -0.05) is 13.3 Å². The molecule has 2 aliphatic rings. The van der Waals surface area contributed by atoms with Crippen LogP contribution in [-0.2, 0) is 11.2 Å². The molecule has 1 aromatic heterocycles. The summed E-state index contributed by atoms with van der Waals surface area (Å²) >= 11 is 0. The summed E-state index contributed by atoms with van der Waals surface area (Å²) in [4.78, 5) is 18.6. The van der Waals surface area contributed by atoms with Gasteiger partial charge < -0.3 is 24.7 Å². The van der Waals surface area contributed by atoms with Gasteiger partial charge in [-0.3, -0.25) is 4.99 Å². The zero-order valence-electron chi connectivity index (χ0n) is 17.9. The first-order valence-electron chi connectivity index (χ1n) is 11.1. The molecule has 29 heavy (non-hydrogen) atoms. The van der Waals surface area contributed by atoms with Gasteiger partial charge in [0.2, 0.25) is 0 Å². The van der Waals surface area contributed by atoms with Crippen molar-refractivity contribution in [2.24, 2.45) is 10.4 Å². The third-order valence-electron chi connectivity index (χ3n) is 6.34. The fourth-order valence-electron chi connectivity index (χ4n) is 4.07. The Balaban J connectivity index is 1.52. The molecule has 1 aliphatic heterocycles. The molecule has 1 aliphatic carbocycles. The Kier molecular flexibility index (Phi) is 7.83. The lowest BCUT2D eigenvalue weighted by molar-refractivity contribution is 0.0962. The van der Waals surface area contributed by atoms with Crippen LogP contribution in [0.4, 0.5) is 4.79 Å². The first kappa shape index (κ1) is 21.5. The van der Waals surface area contributed by atoms with E-state index in [1.165, 1.54) is 25.7 Å². The van der Waals surface area contributed by atoms with Crippen LogP contribution in [0.15, 0.2) is 27.8 Å². The minimum absolute atomic E-state index is 0.203. The van der Waals surface area contributed by atoms with E-state index in [9.17, 15) is 4.79 Å². The summed E-state index contributed by atoms with van der Waals surface area (Å²) in [6, 6.07) is 4.23. The average Bonchev–Trinajstić information content (AvgIpc) is 3.21. The van der Waals surface area contributed by atoms with Crippen LogP contribution in [0.1, 0.15) is 58.1 Å². The van der Waals surface area contributed by atoms with Gasteiger partial charge in [0.1, 0.15) is 5.76 Å². The minimum Gasteiger partial charge on any atom is -0.469 e. The molecule has 0 spiro atoms. The van der Waals surface area contributed by atoms with Crippen LogP contribution in [0, 0.1) is 5.41 Å². The van der Waals surface area contributed by atoms with E-state index in [1.807, 2.05) is 19.1 Å². The topological polar surface area (TPSA) is 79.1 Å². The molecule has 3 rings (SSSR count). The van der Waals surface area contributed by atoms with Crippen LogP contribution in [0.2, 0.25) is 0 Å². The molecule has 162 valence electrons. The maximum Gasteiger partial charge on any atom is 0.409 e. The van der Waals surface area contributed by atoms with E-state index in [2.05, 4.69) is 17.6 Å². The quantitative estimate of drug-likeness (QED) is 0.512. The molecule has 2 N–H and O–H groups in total. The fraction of sp³-hybridized carbons (Fsp3) is 0.727. The van der Waals surface area contributed by atoms with Crippen LogP contribution in [-0.4, -0.2) is 55.8 Å². The smallest absolute Gasteiger partial charge is 0.409 e. The zero-order valence-corrected chi connectivity index (χ0v) is 17.9. The van der Waals surface area contributed by atoms with Crippen molar-refractivity contribution in [2.75, 3.05) is 32.8 Å². The van der Waals surface area contributed by atoms with E-state index in [4.69, 9.17) is 14.1 Å². The second-order valence-corrected chi connectivity index (χ2v) is 8.23. The van der Waals surface area contributed by atoms with Gasteiger partial charge in [0, 0.05) is 38.6 Å². The van der Waals surface area contributed by atoms with Crippen molar-refractivity contribution in [3.63, 3.8) is 0 Å². The van der Waals surface area contributed by atoms with E-state index in [0.717, 1.165) is 57.2 Å². The van der Waals surface area contributed by atoms with Crippen LogP contribution >= 0.6 is 0 Å². The van der Waals surface area contributed by atoms with Gasteiger partial charge in [0.05, 0.1) is 12.9 Å². The summed E-state index contributed by atoms with van der Waals surface area (Å²) in [5, 5.41) is 7.08. The predicted octanol–water partition coefficient (Wildman–Crippen LogP) is 3.56. The van der Waals surface area contributed by atoms with E-state index < -0.39 is 0 Å². The number of amides is 1. The van der Waals surface area contributed by atoms with Gasteiger partial charge in [0.25, 0.3) is 0 Å². The van der Waals surface area contributed by atoms with Crippen molar-refractivity contribution < 1.29 is 13.9 Å². The number of piperidine rings is 1. The van der Waals surface area contributed by atoms with Gasteiger partial charge in [-0.2, -0.15) is 0 Å². The molecule has 0 radical (unpaired) electrons. The number of hydrogen-bond acceptors (Lipinski definition) is 4. The second kappa shape index (κ2) is 10.6. The lowest BCUT2D eigenvalue weighted by Crippen LogP contribution is -2.50. The highest BCUT2D eigenvalue weighted by Gasteiger charge is 2.35. The molecule has 7 nitrogen and oxygen atoms in total. The number of hydrogen-bond donors (Lipinski definition) is 2. The molecule has 1 amide bonds. The number of furan rings is 1. The molecular weight excluding hydrogens is 368 g/mol. The standard InChI is InChI=1S/C22H36N4O3/c1-3-22(11-6-12-22)17-24-20(23-13-8-19-7-5-16-29-19)25-18-9-14-26(15-10-18)21(27)28-4-2/h5,7,16,18H,3-4,6,8-15,17H2,1-2H3,(H2,23,24,25). The number of rotatable bonds is 8. The fourth-order valence-corrected chi connectivity index (χ4v) is 4.07. The zero-order chi connectivity index (χ0) is 20.5. The van der Waals surface area contributed by atoms with Gasteiger partial charge in [-0.05, 0) is 56.6 Å². The maximum absolute atomic E-state index is 11.9. The third kappa shape index (κ3) is 6.15. The number of carbonyl (C=O) groups excluding carboxylic acids is 1. The van der Waals surface area contributed by atoms with Crippen molar-refractivity contribution in [3.05, 3.63) is 24.2 Å². The molecule has 0 bridgehead atoms. The molecule has 2 fully saturated rings. The van der Waals surface area contributed by atoms with Crippen LogP contribution in [0.5, 0.6) is 0 Å². The van der Waals surface area contributed by atoms with Crippen molar-refractivity contribution in [2.45, 2.75) is 64.8 Å². The molecule has 1 aromatic rings. The third-order valence-corrected chi connectivity index (χ3v) is 6.34. The Bertz CT molecular complexity index is 642. The number of likely N-dealkylation sites (tertiary alicyclic amines) is 1. The Labute approximate surface area is 174 Å². The number of carbonyl (C=O) groups is 1. The normalized spacial score (nSPS) is 19.5. The number of ether oxygens (including phenoxy) is 1. The minimum atomic E-state index is -0.203. The van der Waals surface area contributed by atoms with Crippen LogP contribution in [0.25, 0.3) is 0 Å². The molecule has 1 saturated carbocycles. The molecule has 7 heteroatoms. The molecular formula is C22H36N4O3. The summed E-state index contributed by atoms with van der Waals surface area (Å²) in [7, 11) is 0. The number of guanidine groups is 1. The second-order valence-electron chi connectivity index (χ2n) is 8.23. The number of nitrogens with one attached hydrogen (secondary N) is 2. The van der Waals surface area contributed by atoms with Crippen molar-refractivity contribution >= 4 is 12.1 Å². The predicted molar refractivity (Wildman–Crippen MR) is 114 cm³/mol. The highest BCUT2D eigenvalue weighted by Crippen LogP contribution is 2.43. The monoisotopic (exact) mass is 404 g/mol. The van der Waals surface area contributed by atoms with E-state index in [1.54, 1.807) is 11.2 Å². The van der Waals surface area contributed by atoms with E-state index in [-0.39, 0.29) is 6.09 Å². The number of aliphatic imine (C=N–C) groups is 1. The summed E-state index contributed by atoms with van der Waals surface area (Å²) in [5.74, 6) is 1.86. The molecule has 0 unspecified atom stereocenters. The molecule has 1 saturated heterocycles. The van der Waals surface area contributed by atoms with Crippen LogP contribution < -0.4 is 10.6 Å². The Hall–Kier alpha value is -2.18. The first-order valence-corrected chi connectivity index (χ1v) is 11.1. The summed E-state index contributed by atoms with van der Waals surface area (Å²) in [6.45, 7) is 7.63. The van der Waals surface area contributed by atoms with Gasteiger partial charge >= 0.3 is 6.09 Å². The van der Waals surface area contributed by atoms with Gasteiger partial charge in [0.15, 0.2) is 5.96 Å². The summed E-state index contributed by atoms with van der Waals surface area (Å²) < 4.78 is 10.5. The average molecular weight is 405 g/mol. The van der Waals surface area contributed by atoms with Gasteiger partial charge in [-0.25, -0.2) is 4.79 Å². The molecule has 0 aromatic carbocycles. The van der Waals surface area contributed by atoms with Crippen LogP contribution in [0.3, 0.4) is 0 Å². The lowest BCUT2D eigenvalue weighted by Gasteiger charge is -2.40. The number of nitrogens with zero attached hydrogens (tertiary/aromatic N) is 2. The van der Waals surface area contributed by atoms with Gasteiger partial charge in [-0.15, -0.1) is 0 Å². The van der Waals surface area contributed by atoms with E-state index in [0.29, 0.717) is 18.1 Å². The Morgan fingerprint density at radius 2 is 2.14 bits per heavy atom.